The Kier molecular flexibility index (Phi) is 4.61. The average molecular weight is 351 g/mol. The van der Waals surface area contributed by atoms with Crippen molar-refractivity contribution in [3.63, 3.8) is 0 Å². The summed E-state index contributed by atoms with van der Waals surface area (Å²) >= 11 is 0. The van der Waals surface area contributed by atoms with Gasteiger partial charge < -0.3 is 10.1 Å². The summed E-state index contributed by atoms with van der Waals surface area (Å²) in [6.07, 6.45) is -4.03. The topological polar surface area (TPSA) is 64.1 Å². The molecule has 2 heterocycles. The fourth-order valence-corrected chi connectivity index (χ4v) is 2.66. The van der Waals surface area contributed by atoms with Gasteiger partial charge in [-0.05, 0) is 31.0 Å². The predicted molar refractivity (Wildman–Crippen MR) is 82.7 cm³/mol. The highest BCUT2D eigenvalue weighted by Crippen LogP contribution is 2.28. The minimum atomic E-state index is -4.55. The molecular weight excluding hydrogens is 335 g/mol. The predicted octanol–water partition coefficient (Wildman–Crippen LogP) is 2.67. The van der Waals surface area contributed by atoms with Crippen LogP contribution in [0.25, 0.3) is 0 Å². The molecule has 1 N–H and O–H groups in total. The Morgan fingerprint density at radius 3 is 2.84 bits per heavy atom. The molecule has 3 rings (SSSR count). The van der Waals surface area contributed by atoms with Crippen molar-refractivity contribution in [2.75, 3.05) is 6.61 Å². The lowest BCUT2D eigenvalue weighted by Crippen LogP contribution is -2.37. The number of ether oxygens (including phenoxy) is 1. The molecule has 5 nitrogen and oxygen atoms in total. The Morgan fingerprint density at radius 2 is 2.08 bits per heavy atom. The molecule has 1 aromatic heterocycles. The third kappa shape index (κ3) is 4.07. The van der Waals surface area contributed by atoms with Crippen LogP contribution in [0.1, 0.15) is 22.8 Å². The van der Waals surface area contributed by atoms with Gasteiger partial charge in [0.25, 0.3) is 0 Å². The van der Waals surface area contributed by atoms with Crippen molar-refractivity contribution in [3.8, 4) is 5.75 Å². The summed E-state index contributed by atoms with van der Waals surface area (Å²) < 4.78 is 43.9. The third-order valence-corrected chi connectivity index (χ3v) is 3.86. The van der Waals surface area contributed by atoms with Crippen molar-refractivity contribution in [2.45, 2.75) is 26.1 Å². The summed E-state index contributed by atoms with van der Waals surface area (Å²) in [6.45, 7) is 1.52. The number of nitrogens with one attached hydrogen (secondary N) is 1. The number of carbonyl (C=O) groups excluding carboxylic acids is 1. The number of halogens is 3. The van der Waals surface area contributed by atoms with E-state index in [4.69, 9.17) is 4.74 Å². The lowest BCUT2D eigenvalue weighted by atomic mass is 9.96. The maximum atomic E-state index is 12.8. The highest BCUT2D eigenvalue weighted by molar-refractivity contribution is 5.79. The highest BCUT2D eigenvalue weighted by Gasteiger charge is 2.33. The van der Waals surface area contributed by atoms with Gasteiger partial charge in [0.2, 0.25) is 5.91 Å². The Hall–Kier alpha value is -2.64. The quantitative estimate of drug-likeness (QED) is 0.923. The maximum Gasteiger partial charge on any atom is 0.433 e. The van der Waals surface area contributed by atoms with Crippen molar-refractivity contribution in [1.29, 1.82) is 0 Å². The fraction of sp³-hybridized carbons (Fsp3) is 0.353. The number of hydrogen-bond acceptors (Lipinski definition) is 4. The molecule has 25 heavy (non-hydrogen) atoms. The highest BCUT2D eigenvalue weighted by atomic mass is 19.4. The average Bonchev–Trinajstić information content (AvgIpc) is 2.58. The second-order valence-corrected chi connectivity index (χ2v) is 5.85. The minimum Gasteiger partial charge on any atom is -0.492 e. The molecule has 1 amide bonds. The van der Waals surface area contributed by atoms with Gasteiger partial charge in [0.1, 0.15) is 23.9 Å². The van der Waals surface area contributed by atoms with Crippen LogP contribution in [0.5, 0.6) is 5.75 Å². The molecule has 2 aromatic rings. The molecule has 0 saturated heterocycles. The molecule has 0 spiro atoms. The Bertz CT molecular complexity index is 793. The van der Waals surface area contributed by atoms with Crippen LogP contribution in [0, 0.1) is 12.8 Å². The van der Waals surface area contributed by atoms with Gasteiger partial charge in [-0.3, -0.25) is 4.79 Å². The van der Waals surface area contributed by atoms with Crippen LogP contribution in [-0.2, 0) is 23.9 Å². The number of hydrogen-bond donors (Lipinski definition) is 1. The largest absolute Gasteiger partial charge is 0.492 e. The maximum absolute atomic E-state index is 12.8. The molecule has 0 aliphatic carbocycles. The molecule has 0 saturated carbocycles. The van der Waals surface area contributed by atoms with Gasteiger partial charge in [0.15, 0.2) is 0 Å². The number of alkyl halides is 3. The van der Waals surface area contributed by atoms with E-state index in [9.17, 15) is 18.0 Å². The molecule has 1 atom stereocenters. The van der Waals surface area contributed by atoms with Gasteiger partial charge in [-0.2, -0.15) is 13.2 Å². The molecule has 1 aliphatic rings. The number of nitrogens with zero attached hydrogens (tertiary/aromatic N) is 2. The van der Waals surface area contributed by atoms with Crippen molar-refractivity contribution >= 4 is 5.91 Å². The van der Waals surface area contributed by atoms with Crippen LogP contribution >= 0.6 is 0 Å². The molecule has 0 unspecified atom stereocenters. The number of amides is 1. The van der Waals surface area contributed by atoms with E-state index in [2.05, 4.69) is 15.3 Å². The van der Waals surface area contributed by atoms with Crippen molar-refractivity contribution in [1.82, 2.24) is 15.3 Å². The Balaban J connectivity index is 1.64. The minimum absolute atomic E-state index is 0.0715. The van der Waals surface area contributed by atoms with E-state index in [1.54, 1.807) is 0 Å². The molecule has 132 valence electrons. The second-order valence-electron chi connectivity index (χ2n) is 5.85. The van der Waals surface area contributed by atoms with E-state index in [1.165, 1.54) is 6.92 Å². The van der Waals surface area contributed by atoms with Crippen LogP contribution in [0.3, 0.4) is 0 Å². The van der Waals surface area contributed by atoms with E-state index in [1.807, 2.05) is 24.3 Å². The first kappa shape index (κ1) is 17.2. The van der Waals surface area contributed by atoms with Crippen LogP contribution in [0.4, 0.5) is 13.2 Å². The number of aryl methyl sites for hydroxylation is 1. The summed E-state index contributed by atoms with van der Waals surface area (Å²) in [7, 11) is 0. The molecular formula is C17H16F3N3O2. The lowest BCUT2D eigenvalue weighted by Gasteiger charge is -2.24. The van der Waals surface area contributed by atoms with Gasteiger partial charge >= 0.3 is 6.18 Å². The van der Waals surface area contributed by atoms with E-state index >= 15 is 0 Å². The first-order valence-electron chi connectivity index (χ1n) is 7.73. The van der Waals surface area contributed by atoms with Gasteiger partial charge in [-0.1, -0.05) is 18.2 Å². The van der Waals surface area contributed by atoms with Crippen molar-refractivity contribution in [2.24, 2.45) is 5.92 Å². The summed E-state index contributed by atoms with van der Waals surface area (Å²) in [5.41, 5.74) is 0.112. The van der Waals surface area contributed by atoms with Gasteiger partial charge in [0.05, 0.1) is 12.5 Å². The standard InChI is InChI=1S/C17H16F3N3O2/c1-10-6-14(17(18,19)20)23-15(22-10)8-21-16(24)12-7-11-4-2-3-5-13(11)25-9-12/h2-6,12H,7-9H2,1H3,(H,21,24)/t12-/m1/s1. The second kappa shape index (κ2) is 6.70. The van der Waals surface area contributed by atoms with Crippen molar-refractivity contribution < 1.29 is 22.7 Å². The smallest absolute Gasteiger partial charge is 0.433 e. The molecule has 1 aliphatic heterocycles. The normalized spacial score (nSPS) is 16.7. The monoisotopic (exact) mass is 351 g/mol. The van der Waals surface area contributed by atoms with E-state index in [-0.39, 0.29) is 30.6 Å². The SMILES string of the molecule is Cc1cc(C(F)(F)F)nc(CNC(=O)[C@H]2COc3ccccc3C2)n1. The number of fused-ring (bicyclic) bond motifs is 1. The van der Waals surface area contributed by atoms with Gasteiger partial charge in [0, 0.05) is 5.69 Å². The Labute approximate surface area is 142 Å². The van der Waals surface area contributed by atoms with Crippen molar-refractivity contribution in [3.05, 3.63) is 53.1 Å². The summed E-state index contributed by atoms with van der Waals surface area (Å²) in [5.74, 6) is -0.0175. The van der Waals surface area contributed by atoms with Crippen LogP contribution in [0.15, 0.2) is 30.3 Å². The van der Waals surface area contributed by atoms with Gasteiger partial charge in [-0.15, -0.1) is 0 Å². The first-order chi connectivity index (χ1) is 11.8. The van der Waals surface area contributed by atoms with Crippen LogP contribution in [-0.4, -0.2) is 22.5 Å². The zero-order valence-corrected chi connectivity index (χ0v) is 13.4. The first-order valence-corrected chi connectivity index (χ1v) is 7.73. The fourth-order valence-electron chi connectivity index (χ4n) is 2.66. The molecule has 0 fully saturated rings. The van der Waals surface area contributed by atoms with Crippen LogP contribution in [0.2, 0.25) is 0 Å². The van der Waals surface area contributed by atoms with Gasteiger partial charge in [-0.25, -0.2) is 9.97 Å². The van der Waals surface area contributed by atoms with E-state index < -0.39 is 17.8 Å². The van der Waals surface area contributed by atoms with Crippen LogP contribution < -0.4 is 10.1 Å². The number of para-hydroxylation sites is 1. The zero-order valence-electron chi connectivity index (χ0n) is 13.4. The number of carbonyl (C=O) groups is 1. The molecule has 8 heteroatoms. The third-order valence-electron chi connectivity index (χ3n) is 3.86. The molecule has 0 bridgehead atoms. The lowest BCUT2D eigenvalue weighted by molar-refractivity contribution is -0.141. The number of rotatable bonds is 3. The van der Waals surface area contributed by atoms with E-state index in [0.29, 0.717) is 6.42 Å². The summed E-state index contributed by atoms with van der Waals surface area (Å²) in [4.78, 5) is 19.7. The summed E-state index contributed by atoms with van der Waals surface area (Å²) in [5, 5.41) is 2.59. The van der Waals surface area contributed by atoms with E-state index in [0.717, 1.165) is 17.4 Å². The number of benzene rings is 1. The Morgan fingerprint density at radius 1 is 1.32 bits per heavy atom. The molecule has 1 aromatic carbocycles. The summed E-state index contributed by atoms with van der Waals surface area (Å²) in [6, 6.07) is 8.31. The zero-order chi connectivity index (χ0) is 18.0. The number of aromatic nitrogens is 2. The molecule has 0 radical (unpaired) electrons.